The Morgan fingerprint density at radius 1 is 1.53 bits per heavy atom. The molecule has 1 aromatic rings. The summed E-state index contributed by atoms with van der Waals surface area (Å²) in [5, 5.41) is 6.20. The molecule has 0 bridgehead atoms. The summed E-state index contributed by atoms with van der Waals surface area (Å²) in [6.07, 6.45) is 2.55. The number of rotatable bonds is 4. The van der Waals surface area contributed by atoms with Gasteiger partial charge in [0.2, 0.25) is 5.91 Å². The zero-order chi connectivity index (χ0) is 13.8. The first-order chi connectivity index (χ1) is 9.11. The van der Waals surface area contributed by atoms with Gasteiger partial charge < -0.3 is 15.5 Å². The van der Waals surface area contributed by atoms with E-state index in [9.17, 15) is 4.79 Å². The van der Waals surface area contributed by atoms with Crippen LogP contribution in [0.25, 0.3) is 0 Å². The van der Waals surface area contributed by atoms with Crippen LogP contribution in [0.3, 0.4) is 0 Å². The summed E-state index contributed by atoms with van der Waals surface area (Å²) in [7, 11) is 0. The second-order valence-corrected chi connectivity index (χ2v) is 4.83. The quantitative estimate of drug-likeness (QED) is 0.845. The van der Waals surface area contributed by atoms with Crippen LogP contribution in [-0.4, -0.2) is 41.6 Å². The van der Waals surface area contributed by atoms with Gasteiger partial charge in [-0.25, -0.2) is 9.97 Å². The molecule has 19 heavy (non-hydrogen) atoms. The SMILES string of the molecule is CCNc1ncnc(N2CCC(NC(C)=O)C2)c1C. The van der Waals surface area contributed by atoms with E-state index in [0.717, 1.165) is 43.3 Å². The summed E-state index contributed by atoms with van der Waals surface area (Å²) in [6, 6.07) is 0.217. The molecule has 1 amide bonds. The van der Waals surface area contributed by atoms with Gasteiger partial charge in [0.1, 0.15) is 18.0 Å². The van der Waals surface area contributed by atoms with Gasteiger partial charge in [0.15, 0.2) is 0 Å². The summed E-state index contributed by atoms with van der Waals surface area (Å²) in [6.45, 7) is 8.19. The van der Waals surface area contributed by atoms with Crippen molar-refractivity contribution in [1.29, 1.82) is 0 Å². The first kappa shape index (κ1) is 13.6. The molecular weight excluding hydrogens is 242 g/mol. The molecule has 0 aromatic carbocycles. The van der Waals surface area contributed by atoms with E-state index in [4.69, 9.17) is 0 Å². The largest absolute Gasteiger partial charge is 0.370 e. The van der Waals surface area contributed by atoms with E-state index in [-0.39, 0.29) is 11.9 Å². The molecular formula is C13H21N5O. The predicted octanol–water partition coefficient (Wildman–Crippen LogP) is 0.932. The zero-order valence-electron chi connectivity index (χ0n) is 11.7. The van der Waals surface area contributed by atoms with Crippen LogP contribution >= 0.6 is 0 Å². The Balaban J connectivity index is 2.11. The highest BCUT2D eigenvalue weighted by Gasteiger charge is 2.25. The molecule has 0 radical (unpaired) electrons. The Labute approximate surface area is 113 Å². The van der Waals surface area contributed by atoms with Gasteiger partial charge in [-0.3, -0.25) is 4.79 Å². The van der Waals surface area contributed by atoms with Crippen LogP contribution in [0, 0.1) is 6.92 Å². The van der Waals surface area contributed by atoms with E-state index >= 15 is 0 Å². The Morgan fingerprint density at radius 2 is 2.32 bits per heavy atom. The standard InChI is InChI=1S/C13H21N5O/c1-4-14-12-9(2)13(16-8-15-12)18-6-5-11(7-18)17-10(3)19/h8,11H,4-7H2,1-3H3,(H,17,19)(H,14,15,16). The Morgan fingerprint density at radius 3 is 3.00 bits per heavy atom. The lowest BCUT2D eigenvalue weighted by atomic mass is 10.2. The number of nitrogens with zero attached hydrogens (tertiary/aromatic N) is 3. The number of hydrogen-bond acceptors (Lipinski definition) is 5. The molecule has 104 valence electrons. The van der Waals surface area contributed by atoms with E-state index in [2.05, 4.69) is 25.5 Å². The molecule has 1 unspecified atom stereocenters. The minimum atomic E-state index is 0.0274. The van der Waals surface area contributed by atoms with E-state index in [0.29, 0.717) is 0 Å². The van der Waals surface area contributed by atoms with Crippen molar-refractivity contribution in [1.82, 2.24) is 15.3 Å². The van der Waals surface area contributed by atoms with Crippen molar-refractivity contribution in [3.05, 3.63) is 11.9 Å². The highest BCUT2D eigenvalue weighted by Crippen LogP contribution is 2.25. The van der Waals surface area contributed by atoms with Crippen LogP contribution in [0.5, 0.6) is 0 Å². The van der Waals surface area contributed by atoms with Gasteiger partial charge in [-0.15, -0.1) is 0 Å². The average molecular weight is 263 g/mol. The minimum Gasteiger partial charge on any atom is -0.370 e. The number of amides is 1. The molecule has 1 fully saturated rings. The molecule has 6 heteroatoms. The van der Waals surface area contributed by atoms with Crippen LogP contribution in [0.15, 0.2) is 6.33 Å². The lowest BCUT2D eigenvalue weighted by Gasteiger charge is -2.20. The first-order valence-corrected chi connectivity index (χ1v) is 6.69. The number of anilines is 2. The molecule has 2 heterocycles. The Kier molecular flexibility index (Phi) is 4.19. The molecule has 1 saturated heterocycles. The number of carbonyl (C=O) groups is 1. The van der Waals surface area contributed by atoms with Crippen LogP contribution < -0.4 is 15.5 Å². The van der Waals surface area contributed by atoms with Gasteiger partial charge in [-0.1, -0.05) is 0 Å². The zero-order valence-corrected chi connectivity index (χ0v) is 11.7. The Hall–Kier alpha value is -1.85. The van der Waals surface area contributed by atoms with Crippen LogP contribution in [0.4, 0.5) is 11.6 Å². The van der Waals surface area contributed by atoms with Crippen LogP contribution in [0.2, 0.25) is 0 Å². The molecule has 0 aliphatic carbocycles. The number of hydrogen-bond donors (Lipinski definition) is 2. The van der Waals surface area contributed by atoms with Gasteiger partial charge in [-0.2, -0.15) is 0 Å². The third-order valence-corrected chi connectivity index (χ3v) is 3.30. The van der Waals surface area contributed by atoms with Gasteiger partial charge in [0, 0.05) is 38.2 Å². The molecule has 1 aliphatic heterocycles. The van der Waals surface area contributed by atoms with Gasteiger partial charge >= 0.3 is 0 Å². The van der Waals surface area contributed by atoms with Crippen molar-refractivity contribution >= 4 is 17.5 Å². The summed E-state index contributed by atoms with van der Waals surface area (Å²) >= 11 is 0. The summed E-state index contributed by atoms with van der Waals surface area (Å²) in [5.74, 6) is 1.87. The van der Waals surface area contributed by atoms with E-state index in [1.54, 1.807) is 13.3 Å². The fourth-order valence-corrected chi connectivity index (χ4v) is 2.46. The molecule has 2 N–H and O–H groups in total. The smallest absolute Gasteiger partial charge is 0.217 e. The van der Waals surface area contributed by atoms with Crippen molar-refractivity contribution in [3.8, 4) is 0 Å². The molecule has 6 nitrogen and oxygen atoms in total. The molecule has 0 spiro atoms. The summed E-state index contributed by atoms with van der Waals surface area (Å²) < 4.78 is 0. The second kappa shape index (κ2) is 5.86. The highest BCUT2D eigenvalue weighted by molar-refractivity contribution is 5.73. The maximum atomic E-state index is 11.1. The van der Waals surface area contributed by atoms with Crippen molar-refractivity contribution < 1.29 is 4.79 Å². The van der Waals surface area contributed by atoms with Gasteiger partial charge in [-0.05, 0) is 20.3 Å². The van der Waals surface area contributed by atoms with E-state index in [1.807, 2.05) is 13.8 Å². The molecule has 1 atom stereocenters. The minimum absolute atomic E-state index is 0.0274. The fraction of sp³-hybridized carbons (Fsp3) is 0.615. The van der Waals surface area contributed by atoms with E-state index in [1.165, 1.54) is 0 Å². The monoisotopic (exact) mass is 263 g/mol. The van der Waals surface area contributed by atoms with Gasteiger partial charge in [0.05, 0.1) is 0 Å². The Bertz CT molecular complexity index is 462. The van der Waals surface area contributed by atoms with Crippen molar-refractivity contribution in [2.75, 3.05) is 29.9 Å². The van der Waals surface area contributed by atoms with Crippen molar-refractivity contribution in [2.45, 2.75) is 33.2 Å². The summed E-state index contributed by atoms with van der Waals surface area (Å²) in [4.78, 5) is 21.9. The number of nitrogens with one attached hydrogen (secondary N) is 2. The fourth-order valence-electron chi connectivity index (χ4n) is 2.46. The number of carbonyl (C=O) groups excluding carboxylic acids is 1. The highest BCUT2D eigenvalue weighted by atomic mass is 16.1. The number of aromatic nitrogens is 2. The van der Waals surface area contributed by atoms with Gasteiger partial charge in [0.25, 0.3) is 0 Å². The lowest BCUT2D eigenvalue weighted by molar-refractivity contribution is -0.119. The third-order valence-electron chi connectivity index (χ3n) is 3.30. The maximum Gasteiger partial charge on any atom is 0.217 e. The second-order valence-electron chi connectivity index (χ2n) is 4.83. The van der Waals surface area contributed by atoms with Crippen LogP contribution in [-0.2, 0) is 4.79 Å². The normalized spacial score (nSPS) is 18.5. The lowest BCUT2D eigenvalue weighted by Crippen LogP contribution is -2.35. The first-order valence-electron chi connectivity index (χ1n) is 6.69. The molecule has 1 aromatic heterocycles. The summed E-state index contributed by atoms with van der Waals surface area (Å²) in [5.41, 5.74) is 1.06. The maximum absolute atomic E-state index is 11.1. The van der Waals surface area contributed by atoms with Crippen molar-refractivity contribution in [2.24, 2.45) is 0 Å². The predicted molar refractivity (Wildman–Crippen MR) is 75.4 cm³/mol. The van der Waals surface area contributed by atoms with Crippen LogP contribution in [0.1, 0.15) is 25.8 Å². The van der Waals surface area contributed by atoms with Crippen molar-refractivity contribution in [3.63, 3.8) is 0 Å². The third kappa shape index (κ3) is 3.13. The average Bonchev–Trinajstić information content (AvgIpc) is 2.79. The van der Waals surface area contributed by atoms with E-state index < -0.39 is 0 Å². The molecule has 0 saturated carbocycles. The topological polar surface area (TPSA) is 70.2 Å². The molecule has 1 aliphatic rings. The molecule has 2 rings (SSSR count).